The van der Waals surface area contributed by atoms with Crippen LogP contribution in [0.4, 0.5) is 5.82 Å². The van der Waals surface area contributed by atoms with Gasteiger partial charge in [0.05, 0.1) is 5.52 Å². The number of nitrogens with zero attached hydrogens (tertiary/aromatic N) is 1. The van der Waals surface area contributed by atoms with Crippen molar-refractivity contribution in [3.8, 4) is 0 Å². The molecule has 2 aromatic rings. The molecule has 0 aliphatic rings. The normalized spacial score (nSPS) is 12.5. The molecule has 0 amide bonds. The van der Waals surface area contributed by atoms with E-state index in [9.17, 15) is 0 Å². The van der Waals surface area contributed by atoms with Gasteiger partial charge in [0.15, 0.2) is 0 Å². The van der Waals surface area contributed by atoms with Crippen molar-refractivity contribution in [2.75, 3.05) is 5.32 Å². The van der Waals surface area contributed by atoms with Gasteiger partial charge in [-0.3, -0.25) is 0 Å². The van der Waals surface area contributed by atoms with Crippen LogP contribution in [0.25, 0.3) is 10.9 Å². The predicted octanol–water partition coefficient (Wildman–Crippen LogP) is 5.01. The lowest BCUT2D eigenvalue weighted by atomic mass is 10.1. The number of pyridine rings is 1. The Kier molecular flexibility index (Phi) is 5.20. The highest BCUT2D eigenvalue weighted by atomic mass is 15.0. The van der Waals surface area contributed by atoms with E-state index in [1.54, 1.807) is 0 Å². The van der Waals surface area contributed by atoms with Gasteiger partial charge in [-0.05, 0) is 31.5 Å². The van der Waals surface area contributed by atoms with Crippen molar-refractivity contribution >= 4 is 16.7 Å². The van der Waals surface area contributed by atoms with Gasteiger partial charge in [-0.2, -0.15) is 0 Å². The van der Waals surface area contributed by atoms with E-state index in [2.05, 4.69) is 48.4 Å². The van der Waals surface area contributed by atoms with Crippen molar-refractivity contribution in [2.24, 2.45) is 0 Å². The maximum atomic E-state index is 4.65. The fourth-order valence-corrected chi connectivity index (χ4v) is 2.35. The number of unbranched alkanes of at least 4 members (excludes halogenated alkanes) is 3. The lowest BCUT2D eigenvalue weighted by Gasteiger charge is -2.14. The molecular formula is C17H24N2. The van der Waals surface area contributed by atoms with Gasteiger partial charge in [0.1, 0.15) is 5.82 Å². The molecule has 0 aliphatic heterocycles. The van der Waals surface area contributed by atoms with Crippen molar-refractivity contribution in [3.63, 3.8) is 0 Å². The van der Waals surface area contributed by atoms with Crippen LogP contribution in [-0.4, -0.2) is 11.0 Å². The van der Waals surface area contributed by atoms with E-state index in [4.69, 9.17) is 0 Å². The van der Waals surface area contributed by atoms with Crippen LogP contribution < -0.4 is 5.32 Å². The topological polar surface area (TPSA) is 24.9 Å². The van der Waals surface area contributed by atoms with E-state index in [0.717, 1.165) is 11.3 Å². The van der Waals surface area contributed by atoms with Crippen LogP contribution in [-0.2, 0) is 0 Å². The SMILES string of the molecule is CCCCCCC(C)Nc1ccc2ccccc2n1. The second-order valence-electron chi connectivity index (χ2n) is 5.28. The number of hydrogen-bond donors (Lipinski definition) is 1. The predicted molar refractivity (Wildman–Crippen MR) is 83.6 cm³/mol. The summed E-state index contributed by atoms with van der Waals surface area (Å²) >= 11 is 0. The molecule has 0 fully saturated rings. The standard InChI is InChI=1S/C17H24N2/c1-3-4-5-6-9-14(2)18-17-13-12-15-10-7-8-11-16(15)19-17/h7-8,10-14H,3-6,9H2,1-2H3,(H,18,19). The second-order valence-corrected chi connectivity index (χ2v) is 5.28. The molecule has 0 radical (unpaired) electrons. The highest BCUT2D eigenvalue weighted by molar-refractivity contribution is 5.80. The van der Waals surface area contributed by atoms with Crippen LogP contribution in [0.2, 0.25) is 0 Å². The van der Waals surface area contributed by atoms with Gasteiger partial charge in [0.25, 0.3) is 0 Å². The first-order chi connectivity index (χ1) is 9.29. The summed E-state index contributed by atoms with van der Waals surface area (Å²) in [5, 5.41) is 4.70. The molecule has 1 N–H and O–H groups in total. The third-order valence-corrected chi connectivity index (χ3v) is 3.48. The summed E-state index contributed by atoms with van der Waals surface area (Å²) in [4.78, 5) is 4.65. The minimum Gasteiger partial charge on any atom is -0.368 e. The molecule has 2 nitrogen and oxygen atoms in total. The zero-order valence-corrected chi connectivity index (χ0v) is 12.0. The Morgan fingerprint density at radius 2 is 1.89 bits per heavy atom. The molecule has 1 aromatic heterocycles. The third kappa shape index (κ3) is 4.23. The fraction of sp³-hybridized carbons (Fsp3) is 0.471. The first-order valence-electron chi connectivity index (χ1n) is 7.42. The summed E-state index contributed by atoms with van der Waals surface area (Å²) < 4.78 is 0. The Hall–Kier alpha value is -1.57. The monoisotopic (exact) mass is 256 g/mol. The van der Waals surface area contributed by atoms with E-state index < -0.39 is 0 Å². The number of benzene rings is 1. The average molecular weight is 256 g/mol. The second kappa shape index (κ2) is 7.13. The Morgan fingerprint density at radius 3 is 2.74 bits per heavy atom. The largest absolute Gasteiger partial charge is 0.368 e. The Labute approximate surface area is 116 Å². The Bertz CT molecular complexity index is 507. The summed E-state index contributed by atoms with van der Waals surface area (Å²) in [6.45, 7) is 4.49. The van der Waals surface area contributed by atoms with Gasteiger partial charge in [-0.25, -0.2) is 4.98 Å². The number of rotatable bonds is 7. The smallest absolute Gasteiger partial charge is 0.126 e. The van der Waals surface area contributed by atoms with Gasteiger partial charge in [-0.1, -0.05) is 50.8 Å². The molecule has 19 heavy (non-hydrogen) atoms. The molecule has 0 spiro atoms. The molecule has 1 unspecified atom stereocenters. The summed E-state index contributed by atoms with van der Waals surface area (Å²) in [5.41, 5.74) is 1.06. The van der Waals surface area contributed by atoms with E-state index in [0.29, 0.717) is 6.04 Å². The molecule has 0 aliphatic carbocycles. The van der Waals surface area contributed by atoms with E-state index >= 15 is 0 Å². The summed E-state index contributed by atoms with van der Waals surface area (Å²) in [6.07, 6.45) is 6.51. The van der Waals surface area contributed by atoms with Crippen LogP contribution in [0, 0.1) is 0 Å². The maximum Gasteiger partial charge on any atom is 0.126 e. The third-order valence-electron chi connectivity index (χ3n) is 3.48. The van der Waals surface area contributed by atoms with E-state index in [1.807, 2.05) is 12.1 Å². The number of nitrogens with one attached hydrogen (secondary N) is 1. The molecule has 0 saturated heterocycles. The lowest BCUT2D eigenvalue weighted by Crippen LogP contribution is -2.15. The number of aromatic nitrogens is 1. The molecular weight excluding hydrogens is 232 g/mol. The molecule has 0 saturated carbocycles. The van der Waals surface area contributed by atoms with E-state index in [1.165, 1.54) is 37.5 Å². The van der Waals surface area contributed by atoms with Gasteiger partial charge in [-0.15, -0.1) is 0 Å². The minimum atomic E-state index is 0.491. The highest BCUT2D eigenvalue weighted by Gasteiger charge is 2.03. The van der Waals surface area contributed by atoms with Crippen LogP contribution in [0.3, 0.4) is 0 Å². The van der Waals surface area contributed by atoms with Crippen LogP contribution in [0.15, 0.2) is 36.4 Å². The van der Waals surface area contributed by atoms with Gasteiger partial charge < -0.3 is 5.32 Å². The molecule has 1 atom stereocenters. The first-order valence-corrected chi connectivity index (χ1v) is 7.42. The van der Waals surface area contributed by atoms with Crippen LogP contribution in [0.1, 0.15) is 46.0 Å². The molecule has 1 aromatic carbocycles. The first kappa shape index (κ1) is 13.9. The quantitative estimate of drug-likeness (QED) is 0.705. The molecule has 1 heterocycles. The maximum absolute atomic E-state index is 4.65. The lowest BCUT2D eigenvalue weighted by molar-refractivity contribution is 0.593. The minimum absolute atomic E-state index is 0.491. The van der Waals surface area contributed by atoms with Crippen LogP contribution >= 0.6 is 0 Å². The zero-order valence-electron chi connectivity index (χ0n) is 12.0. The summed E-state index contributed by atoms with van der Waals surface area (Å²) in [5.74, 6) is 0.988. The average Bonchev–Trinajstić information content (AvgIpc) is 2.43. The number of fused-ring (bicyclic) bond motifs is 1. The molecule has 0 bridgehead atoms. The van der Waals surface area contributed by atoms with Gasteiger partial charge in [0.2, 0.25) is 0 Å². The summed E-state index contributed by atoms with van der Waals surface area (Å²) in [7, 11) is 0. The Morgan fingerprint density at radius 1 is 1.05 bits per heavy atom. The van der Waals surface area contributed by atoms with Crippen molar-refractivity contribution in [1.29, 1.82) is 0 Å². The van der Waals surface area contributed by atoms with Crippen LogP contribution in [0.5, 0.6) is 0 Å². The molecule has 2 heteroatoms. The summed E-state index contributed by atoms with van der Waals surface area (Å²) in [6, 6.07) is 12.9. The molecule has 102 valence electrons. The number of anilines is 1. The van der Waals surface area contributed by atoms with Gasteiger partial charge >= 0.3 is 0 Å². The fourth-order valence-electron chi connectivity index (χ4n) is 2.35. The zero-order chi connectivity index (χ0) is 13.5. The Balaban J connectivity index is 1.89. The van der Waals surface area contributed by atoms with Crippen molar-refractivity contribution in [2.45, 2.75) is 52.0 Å². The van der Waals surface area contributed by atoms with Crippen molar-refractivity contribution < 1.29 is 0 Å². The molecule has 2 rings (SSSR count). The highest BCUT2D eigenvalue weighted by Crippen LogP contribution is 2.16. The number of para-hydroxylation sites is 1. The van der Waals surface area contributed by atoms with Crippen molar-refractivity contribution in [1.82, 2.24) is 4.98 Å². The number of hydrogen-bond acceptors (Lipinski definition) is 2. The van der Waals surface area contributed by atoms with E-state index in [-0.39, 0.29) is 0 Å². The van der Waals surface area contributed by atoms with Gasteiger partial charge in [0, 0.05) is 11.4 Å². The van der Waals surface area contributed by atoms with Crippen molar-refractivity contribution in [3.05, 3.63) is 36.4 Å².